The lowest BCUT2D eigenvalue weighted by Crippen LogP contribution is -2.22. The molecule has 1 N–H and O–H groups in total. The van der Waals surface area contributed by atoms with Crippen LogP contribution in [0.4, 0.5) is 0 Å². The van der Waals surface area contributed by atoms with E-state index in [0.29, 0.717) is 19.0 Å². The molecular formula is C26H33N2O3P. The Hall–Kier alpha value is -2.59. The second-order valence-electron chi connectivity index (χ2n) is 8.12. The van der Waals surface area contributed by atoms with Gasteiger partial charge >= 0.3 is 0 Å². The van der Waals surface area contributed by atoms with E-state index in [0.717, 1.165) is 40.5 Å². The molecule has 6 heteroatoms. The summed E-state index contributed by atoms with van der Waals surface area (Å²) in [6, 6.07) is 24.0. The van der Waals surface area contributed by atoms with Crippen molar-refractivity contribution in [1.82, 2.24) is 9.80 Å². The van der Waals surface area contributed by atoms with Gasteiger partial charge in [-0.25, -0.2) is 0 Å². The Bertz CT molecular complexity index is 902. The number of nitrogens with zero attached hydrogens (tertiary/aromatic N) is 2. The molecule has 0 heterocycles. The smallest absolute Gasteiger partial charge is 0.123 e. The van der Waals surface area contributed by atoms with Gasteiger partial charge in [0.05, 0.1) is 0 Å². The van der Waals surface area contributed by atoms with Gasteiger partial charge in [0.25, 0.3) is 0 Å². The fourth-order valence-electron chi connectivity index (χ4n) is 3.16. The van der Waals surface area contributed by atoms with Gasteiger partial charge in [-0.15, -0.1) is 0 Å². The Morgan fingerprint density at radius 2 is 1.09 bits per heavy atom. The monoisotopic (exact) mass is 452 g/mol. The molecular weight excluding hydrogens is 419 g/mol. The number of phenolic OH excluding ortho intramolecular Hbond substituents is 1. The fraction of sp³-hybridized carbons (Fsp3) is 0.308. The molecule has 0 aliphatic rings. The molecule has 3 aromatic rings. The standard InChI is InChI=1S/C26H33N2O3P/c1-27(2)17-19-30-21-9-13-23(14-10-21)32(26-8-6-5-7-25(26)29)24-15-11-22(12-16-24)31-20-18-28(3)4/h5-16,29H,17-20H2,1-4H3. The first-order valence-corrected chi connectivity index (χ1v) is 12.1. The minimum Gasteiger partial charge on any atom is -0.507 e. The third-order valence-corrected chi connectivity index (χ3v) is 7.42. The van der Waals surface area contributed by atoms with Crippen molar-refractivity contribution in [3.63, 3.8) is 0 Å². The van der Waals surface area contributed by atoms with E-state index < -0.39 is 7.92 Å². The Kier molecular flexibility index (Phi) is 8.92. The number of benzene rings is 3. The molecule has 0 bridgehead atoms. The summed E-state index contributed by atoms with van der Waals surface area (Å²) in [6.45, 7) is 3.04. The second kappa shape index (κ2) is 11.9. The van der Waals surface area contributed by atoms with E-state index in [9.17, 15) is 5.11 Å². The van der Waals surface area contributed by atoms with Crippen LogP contribution in [-0.2, 0) is 0 Å². The summed E-state index contributed by atoms with van der Waals surface area (Å²) in [5.41, 5.74) is 0. The molecule has 170 valence electrons. The van der Waals surface area contributed by atoms with Crippen LogP contribution >= 0.6 is 7.92 Å². The molecule has 0 amide bonds. The first-order chi connectivity index (χ1) is 15.4. The van der Waals surface area contributed by atoms with Crippen LogP contribution in [0.25, 0.3) is 0 Å². The Labute approximate surface area is 193 Å². The number of rotatable bonds is 11. The quantitative estimate of drug-likeness (QED) is 0.453. The highest BCUT2D eigenvalue weighted by Crippen LogP contribution is 2.37. The van der Waals surface area contributed by atoms with Gasteiger partial charge in [-0.2, -0.15) is 0 Å². The molecule has 32 heavy (non-hydrogen) atoms. The number of phenols is 1. The molecule has 0 spiro atoms. The van der Waals surface area contributed by atoms with Crippen molar-refractivity contribution in [1.29, 1.82) is 0 Å². The van der Waals surface area contributed by atoms with Crippen molar-refractivity contribution < 1.29 is 14.6 Å². The Balaban J connectivity index is 1.83. The van der Waals surface area contributed by atoms with Crippen LogP contribution in [-0.4, -0.2) is 69.4 Å². The molecule has 0 saturated carbocycles. The number of para-hydroxylation sites is 1. The summed E-state index contributed by atoms with van der Waals surface area (Å²) in [6.07, 6.45) is 0. The Morgan fingerprint density at radius 1 is 0.656 bits per heavy atom. The van der Waals surface area contributed by atoms with Crippen LogP contribution in [0.5, 0.6) is 17.2 Å². The first kappa shape index (κ1) is 24.1. The van der Waals surface area contributed by atoms with Crippen LogP contribution in [0, 0.1) is 0 Å². The van der Waals surface area contributed by atoms with Crippen LogP contribution in [0.1, 0.15) is 0 Å². The molecule has 0 aliphatic heterocycles. The molecule has 3 rings (SSSR count). The maximum absolute atomic E-state index is 10.6. The number of ether oxygens (including phenoxy) is 2. The lowest BCUT2D eigenvalue weighted by Gasteiger charge is -2.21. The third-order valence-electron chi connectivity index (χ3n) is 4.93. The minimum absolute atomic E-state index is 0.316. The van der Waals surface area contributed by atoms with E-state index in [2.05, 4.69) is 34.1 Å². The van der Waals surface area contributed by atoms with Gasteiger partial charge in [0.1, 0.15) is 30.5 Å². The van der Waals surface area contributed by atoms with Gasteiger partial charge in [-0.05, 0) is 77.1 Å². The molecule has 3 aromatic carbocycles. The number of aromatic hydroxyl groups is 1. The normalized spacial score (nSPS) is 11.3. The third kappa shape index (κ3) is 6.96. The van der Waals surface area contributed by atoms with E-state index in [4.69, 9.17) is 9.47 Å². The fourth-order valence-corrected chi connectivity index (χ4v) is 5.44. The van der Waals surface area contributed by atoms with E-state index >= 15 is 0 Å². The SMILES string of the molecule is CN(C)CCOc1ccc(P(c2ccc(OCCN(C)C)cc2)c2ccccc2O)cc1. The second-order valence-corrected chi connectivity index (χ2v) is 10.3. The molecule has 5 nitrogen and oxygen atoms in total. The molecule has 0 saturated heterocycles. The van der Waals surface area contributed by atoms with Crippen molar-refractivity contribution >= 4 is 23.8 Å². The maximum atomic E-state index is 10.6. The Morgan fingerprint density at radius 3 is 1.50 bits per heavy atom. The van der Waals surface area contributed by atoms with E-state index in [-0.39, 0.29) is 0 Å². The summed E-state index contributed by atoms with van der Waals surface area (Å²) < 4.78 is 11.7. The topological polar surface area (TPSA) is 45.2 Å². The number of hydrogen-bond donors (Lipinski definition) is 1. The lowest BCUT2D eigenvalue weighted by molar-refractivity contribution is 0.261. The van der Waals surface area contributed by atoms with Crippen molar-refractivity contribution in [2.24, 2.45) is 0 Å². The molecule has 0 aromatic heterocycles. The van der Waals surface area contributed by atoms with E-state index in [1.165, 1.54) is 0 Å². The predicted octanol–water partition coefficient (Wildman–Crippen LogP) is 3.03. The van der Waals surface area contributed by atoms with Crippen LogP contribution < -0.4 is 25.4 Å². The molecule has 0 fully saturated rings. The molecule has 0 atom stereocenters. The van der Waals surface area contributed by atoms with Crippen molar-refractivity contribution in [3.8, 4) is 17.2 Å². The average Bonchev–Trinajstić information content (AvgIpc) is 2.77. The van der Waals surface area contributed by atoms with E-state index in [1.54, 1.807) is 6.07 Å². The molecule has 0 unspecified atom stereocenters. The van der Waals surface area contributed by atoms with Crippen LogP contribution in [0.2, 0.25) is 0 Å². The maximum Gasteiger partial charge on any atom is 0.123 e. The zero-order chi connectivity index (χ0) is 22.9. The van der Waals surface area contributed by atoms with E-state index in [1.807, 2.05) is 70.7 Å². The van der Waals surface area contributed by atoms with Gasteiger partial charge in [-0.3, -0.25) is 0 Å². The number of hydrogen-bond acceptors (Lipinski definition) is 5. The highest BCUT2D eigenvalue weighted by atomic mass is 31.1. The summed E-state index contributed by atoms with van der Waals surface area (Å²) in [5.74, 6) is 2.02. The zero-order valence-electron chi connectivity index (χ0n) is 19.4. The van der Waals surface area contributed by atoms with Crippen LogP contribution in [0.15, 0.2) is 72.8 Å². The number of likely N-dealkylation sites (N-methyl/N-ethyl adjacent to an activating group) is 2. The summed E-state index contributed by atoms with van der Waals surface area (Å²) >= 11 is 0. The summed E-state index contributed by atoms with van der Waals surface area (Å²) in [5, 5.41) is 13.9. The summed E-state index contributed by atoms with van der Waals surface area (Å²) in [4.78, 5) is 4.19. The highest BCUT2D eigenvalue weighted by Gasteiger charge is 2.19. The molecule has 0 aliphatic carbocycles. The average molecular weight is 453 g/mol. The largest absolute Gasteiger partial charge is 0.507 e. The lowest BCUT2D eigenvalue weighted by atomic mass is 10.3. The van der Waals surface area contributed by atoms with Crippen LogP contribution in [0.3, 0.4) is 0 Å². The predicted molar refractivity (Wildman–Crippen MR) is 135 cm³/mol. The van der Waals surface area contributed by atoms with Crippen molar-refractivity contribution in [2.75, 3.05) is 54.5 Å². The molecule has 0 radical (unpaired) electrons. The van der Waals surface area contributed by atoms with Gasteiger partial charge in [0.2, 0.25) is 0 Å². The highest BCUT2D eigenvalue weighted by molar-refractivity contribution is 7.80. The van der Waals surface area contributed by atoms with Gasteiger partial charge in [0, 0.05) is 18.4 Å². The zero-order valence-corrected chi connectivity index (χ0v) is 20.3. The van der Waals surface area contributed by atoms with Gasteiger partial charge in [-0.1, -0.05) is 42.5 Å². The van der Waals surface area contributed by atoms with Crippen molar-refractivity contribution in [2.45, 2.75) is 0 Å². The van der Waals surface area contributed by atoms with Crippen molar-refractivity contribution in [3.05, 3.63) is 72.8 Å². The van der Waals surface area contributed by atoms with Gasteiger partial charge < -0.3 is 24.4 Å². The summed E-state index contributed by atoms with van der Waals surface area (Å²) in [7, 11) is 7.21. The van der Waals surface area contributed by atoms with Gasteiger partial charge in [0.15, 0.2) is 0 Å². The minimum atomic E-state index is -0.916. The first-order valence-electron chi connectivity index (χ1n) is 10.8.